The molecule has 0 unspecified atom stereocenters. The van der Waals surface area contributed by atoms with Crippen molar-refractivity contribution >= 4 is 36.1 Å². The number of esters is 2. The molecular weight excluding hydrogens is 374 g/mol. The van der Waals surface area contributed by atoms with E-state index in [9.17, 15) is 19.2 Å². The molecule has 0 atom stereocenters. The van der Waals surface area contributed by atoms with E-state index >= 15 is 0 Å². The number of ether oxygens (including phenoxy) is 2. The number of allylic oxidation sites excluding steroid dienone is 2. The highest BCUT2D eigenvalue weighted by molar-refractivity contribution is 6.31. The van der Waals surface area contributed by atoms with Gasteiger partial charge in [-0.15, -0.1) is 0 Å². The molecule has 0 amide bonds. The van der Waals surface area contributed by atoms with Gasteiger partial charge in [0.2, 0.25) is 0 Å². The maximum absolute atomic E-state index is 12.6. The first-order chi connectivity index (χ1) is 13.0. The minimum Gasteiger partial charge on any atom is -0.463 e. The van der Waals surface area contributed by atoms with Crippen molar-refractivity contribution in [1.29, 1.82) is 0 Å². The van der Waals surface area contributed by atoms with Crippen molar-refractivity contribution in [3.8, 4) is 0 Å². The molecule has 0 spiro atoms. The molecule has 0 aliphatic carbocycles. The van der Waals surface area contributed by atoms with Gasteiger partial charge in [0, 0.05) is 5.02 Å². The summed E-state index contributed by atoms with van der Waals surface area (Å²) >= 11 is 6.29. The normalized spacial score (nSPS) is 14.5. The third-order valence-electron chi connectivity index (χ3n) is 3.87. The number of carbonyl (C=O) groups is 4. The number of aldehydes is 2. The van der Waals surface area contributed by atoms with Crippen LogP contribution in [0.15, 0.2) is 46.8 Å². The van der Waals surface area contributed by atoms with E-state index < -0.39 is 17.9 Å². The van der Waals surface area contributed by atoms with Crippen LogP contribution < -0.4 is 5.32 Å². The summed E-state index contributed by atoms with van der Waals surface area (Å²) in [5.41, 5.74) is -0.213. The first kappa shape index (κ1) is 20.4. The summed E-state index contributed by atoms with van der Waals surface area (Å²) in [5, 5.41) is 2.78. The van der Waals surface area contributed by atoms with Crippen LogP contribution in [0, 0.1) is 0 Å². The van der Waals surface area contributed by atoms with Crippen LogP contribution in [0.4, 0.5) is 0 Å². The Hall–Kier alpha value is -2.93. The number of rotatable bonds is 7. The Kier molecular flexibility index (Phi) is 6.90. The van der Waals surface area contributed by atoms with Gasteiger partial charge in [0.25, 0.3) is 0 Å². The highest BCUT2D eigenvalue weighted by Gasteiger charge is 2.40. The molecule has 0 fully saturated rings. The third kappa shape index (κ3) is 4.09. The molecule has 0 saturated carbocycles. The molecule has 1 aromatic carbocycles. The van der Waals surface area contributed by atoms with Crippen LogP contribution >= 0.6 is 11.6 Å². The average molecular weight is 392 g/mol. The number of hydrogen-bond donors (Lipinski definition) is 1. The van der Waals surface area contributed by atoms with Crippen LogP contribution in [-0.2, 0) is 28.7 Å². The summed E-state index contributed by atoms with van der Waals surface area (Å²) in [6.07, 6.45) is 0.781. The molecule has 27 heavy (non-hydrogen) atoms. The predicted octanol–water partition coefficient (Wildman–Crippen LogP) is 2.06. The Morgan fingerprint density at radius 2 is 1.48 bits per heavy atom. The van der Waals surface area contributed by atoms with Gasteiger partial charge in [-0.05, 0) is 25.5 Å². The Morgan fingerprint density at radius 3 is 1.89 bits per heavy atom. The van der Waals surface area contributed by atoms with Gasteiger partial charge in [-0.2, -0.15) is 0 Å². The second kappa shape index (κ2) is 9.14. The van der Waals surface area contributed by atoms with Crippen molar-refractivity contribution in [2.24, 2.45) is 0 Å². The zero-order chi connectivity index (χ0) is 20.0. The second-order valence-corrected chi connectivity index (χ2v) is 5.82. The summed E-state index contributed by atoms with van der Waals surface area (Å²) in [7, 11) is 0. The van der Waals surface area contributed by atoms with Crippen molar-refractivity contribution in [3.05, 3.63) is 57.4 Å². The molecule has 2 rings (SSSR count). The maximum atomic E-state index is 12.6. The lowest BCUT2D eigenvalue weighted by molar-refractivity contribution is -0.140. The van der Waals surface area contributed by atoms with E-state index in [0.29, 0.717) is 18.1 Å². The van der Waals surface area contributed by atoms with Crippen LogP contribution in [-0.4, -0.2) is 37.7 Å². The number of nitrogens with one attached hydrogen (secondary N) is 1. The molecule has 1 aliphatic rings. The standard InChI is InChI=1S/C19H18ClNO6/c1-3-26-18(24)16-13(9-22)21-14(10-23)17(19(25)27-4-2)15(16)11-7-5-6-8-12(11)20/h5-10,15,21H,3-4H2,1-2H3. The number of hydrogen-bond acceptors (Lipinski definition) is 7. The fourth-order valence-corrected chi connectivity index (χ4v) is 3.06. The lowest BCUT2D eigenvalue weighted by atomic mass is 9.80. The Morgan fingerprint density at radius 1 is 1.00 bits per heavy atom. The number of dihydropyridines is 1. The Bertz CT molecular complexity index is 796. The summed E-state index contributed by atoms with van der Waals surface area (Å²) in [5.74, 6) is -2.70. The SMILES string of the molecule is CCOC(=O)C1=C(C=O)NC(C=O)=C(C(=O)OCC)C1c1ccccc1Cl. The second-order valence-electron chi connectivity index (χ2n) is 5.41. The first-order valence-electron chi connectivity index (χ1n) is 8.24. The van der Waals surface area contributed by atoms with Gasteiger partial charge in [0.15, 0.2) is 12.6 Å². The van der Waals surface area contributed by atoms with E-state index in [4.69, 9.17) is 21.1 Å². The van der Waals surface area contributed by atoms with Gasteiger partial charge >= 0.3 is 11.9 Å². The van der Waals surface area contributed by atoms with Crippen molar-refractivity contribution < 1.29 is 28.7 Å². The van der Waals surface area contributed by atoms with Gasteiger partial charge in [-0.1, -0.05) is 29.8 Å². The molecule has 1 aliphatic heterocycles. The smallest absolute Gasteiger partial charge is 0.337 e. The third-order valence-corrected chi connectivity index (χ3v) is 4.21. The lowest BCUT2D eigenvalue weighted by Crippen LogP contribution is -2.35. The van der Waals surface area contributed by atoms with Crippen LogP contribution in [0.5, 0.6) is 0 Å². The molecule has 1 aromatic rings. The summed E-state index contributed by atoms with van der Waals surface area (Å²) in [6, 6.07) is 6.51. The fourth-order valence-electron chi connectivity index (χ4n) is 2.81. The zero-order valence-corrected chi connectivity index (χ0v) is 15.5. The maximum Gasteiger partial charge on any atom is 0.337 e. The van der Waals surface area contributed by atoms with Gasteiger partial charge in [0.1, 0.15) is 0 Å². The minimum atomic E-state index is -1.10. The molecule has 0 saturated heterocycles. The van der Waals surface area contributed by atoms with E-state index in [2.05, 4.69) is 5.32 Å². The predicted molar refractivity (Wildman–Crippen MR) is 96.8 cm³/mol. The van der Waals surface area contributed by atoms with Crippen molar-refractivity contribution in [1.82, 2.24) is 5.32 Å². The molecule has 7 nitrogen and oxygen atoms in total. The number of halogens is 1. The molecule has 0 aromatic heterocycles. The van der Waals surface area contributed by atoms with Crippen molar-refractivity contribution in [3.63, 3.8) is 0 Å². The van der Waals surface area contributed by atoms with Gasteiger partial charge in [0.05, 0.1) is 41.7 Å². The quantitative estimate of drug-likeness (QED) is 0.561. The van der Waals surface area contributed by atoms with E-state index in [0.717, 1.165) is 0 Å². The molecule has 0 bridgehead atoms. The van der Waals surface area contributed by atoms with Crippen LogP contribution in [0.25, 0.3) is 0 Å². The number of benzene rings is 1. The Labute approximate surface area is 161 Å². The summed E-state index contributed by atoms with van der Waals surface area (Å²) in [6.45, 7) is 3.34. The van der Waals surface area contributed by atoms with Crippen LogP contribution in [0.1, 0.15) is 25.3 Å². The minimum absolute atomic E-state index is 0.0582. The lowest BCUT2D eigenvalue weighted by Gasteiger charge is -2.29. The highest BCUT2D eigenvalue weighted by Crippen LogP contribution is 2.41. The average Bonchev–Trinajstić information content (AvgIpc) is 2.67. The fraction of sp³-hybridized carbons (Fsp3) is 0.263. The van der Waals surface area contributed by atoms with E-state index in [-0.39, 0.29) is 40.8 Å². The van der Waals surface area contributed by atoms with Crippen molar-refractivity contribution in [2.75, 3.05) is 13.2 Å². The number of carbonyl (C=O) groups excluding carboxylic acids is 4. The van der Waals surface area contributed by atoms with Gasteiger partial charge in [-0.25, -0.2) is 9.59 Å². The zero-order valence-electron chi connectivity index (χ0n) is 14.8. The molecular formula is C19H18ClNO6. The highest BCUT2D eigenvalue weighted by atomic mass is 35.5. The van der Waals surface area contributed by atoms with Gasteiger partial charge < -0.3 is 14.8 Å². The molecule has 1 N–H and O–H groups in total. The Balaban J connectivity index is 2.80. The largest absolute Gasteiger partial charge is 0.463 e. The molecule has 1 heterocycles. The summed E-state index contributed by atoms with van der Waals surface area (Å²) in [4.78, 5) is 48.4. The van der Waals surface area contributed by atoms with Crippen molar-refractivity contribution in [2.45, 2.75) is 19.8 Å². The molecule has 142 valence electrons. The topological polar surface area (TPSA) is 98.8 Å². The van der Waals surface area contributed by atoms with Crippen LogP contribution in [0.3, 0.4) is 0 Å². The van der Waals surface area contributed by atoms with E-state index in [1.807, 2.05) is 0 Å². The first-order valence-corrected chi connectivity index (χ1v) is 8.62. The van der Waals surface area contributed by atoms with E-state index in [1.54, 1.807) is 38.1 Å². The molecule has 0 radical (unpaired) electrons. The van der Waals surface area contributed by atoms with Crippen LogP contribution in [0.2, 0.25) is 5.02 Å². The summed E-state index contributed by atoms with van der Waals surface area (Å²) < 4.78 is 10.1. The van der Waals surface area contributed by atoms with E-state index in [1.165, 1.54) is 0 Å². The van der Waals surface area contributed by atoms with Gasteiger partial charge in [-0.3, -0.25) is 9.59 Å². The molecule has 8 heteroatoms. The monoisotopic (exact) mass is 391 g/mol.